The number of rotatable bonds is 13. The summed E-state index contributed by atoms with van der Waals surface area (Å²) in [5.41, 5.74) is 0. The standard InChI is InChI=1S/C36H60O18/c1-15-29(40)34(44-10)35(50-20(6)37)36(49-15)54-33-19(5)48-28(14-24(33)43-9)53-32-18(4)47-27(13-23(32)42-8)51-30-16(2)46-26(11-21(30)38)52-31-17(3)45-25(39)12-22(31)41-7/h15-19,21-24,26-36,38,40H,11-14H2,1-10H3/t15-,16-,17-,18-,19-,21+,22+,23+,24+,26+,27+,28+,29+,30-,31-,32-,33-,34+,35-,36+/m1/s1. The quantitative estimate of drug-likeness (QED) is 0.247. The lowest BCUT2D eigenvalue weighted by molar-refractivity contribution is -0.356. The smallest absolute Gasteiger partial charge is 0.308 e. The highest BCUT2D eigenvalue weighted by Crippen LogP contribution is 2.36. The first-order valence-corrected chi connectivity index (χ1v) is 18.7. The Balaban J connectivity index is 1.15. The molecule has 54 heavy (non-hydrogen) atoms. The van der Waals surface area contributed by atoms with Gasteiger partial charge in [-0.25, -0.2) is 0 Å². The number of hydrogen-bond donors (Lipinski definition) is 2. The fourth-order valence-electron chi connectivity index (χ4n) is 8.02. The van der Waals surface area contributed by atoms with Crippen LogP contribution in [0.25, 0.3) is 0 Å². The average molecular weight is 781 g/mol. The first-order valence-electron chi connectivity index (χ1n) is 18.7. The number of cyclic esters (lactones) is 1. The SMILES string of the molecule is CO[C@H]1[C@@H](O)[C@@H](C)O[C@@H](O[C@H]2[C@@H](OC)C[C@H](O[C@H]3[C@@H](OC)C[C@H](O[C@H]4[C@@H](O)C[C@H](O[C@H]5[C@@H](OC)CC(=O)O[C@@H]5C)O[C@@H]4C)O[C@@H]3C)O[C@@H]2C)[C@@H]1OC(C)=O. The van der Waals surface area contributed by atoms with E-state index in [-0.39, 0.29) is 25.2 Å². The van der Waals surface area contributed by atoms with Gasteiger partial charge in [0.15, 0.2) is 31.3 Å². The van der Waals surface area contributed by atoms with Crippen LogP contribution in [0.1, 0.15) is 67.2 Å². The highest BCUT2D eigenvalue weighted by Gasteiger charge is 2.51. The number of carbonyl (C=O) groups is 2. The Bertz CT molecular complexity index is 1200. The van der Waals surface area contributed by atoms with Crippen molar-refractivity contribution in [1.29, 1.82) is 0 Å². The highest BCUT2D eigenvalue weighted by molar-refractivity contribution is 5.71. The fourth-order valence-corrected chi connectivity index (χ4v) is 8.02. The zero-order valence-corrected chi connectivity index (χ0v) is 32.8. The number of aliphatic hydroxyl groups excluding tert-OH is 2. The number of carbonyl (C=O) groups excluding carboxylic acids is 2. The Morgan fingerprint density at radius 2 is 1.06 bits per heavy atom. The van der Waals surface area contributed by atoms with E-state index in [0.717, 1.165) is 0 Å². The summed E-state index contributed by atoms with van der Waals surface area (Å²) in [6.07, 6.45) is -13.2. The summed E-state index contributed by atoms with van der Waals surface area (Å²) in [4.78, 5) is 23.8. The van der Waals surface area contributed by atoms with Gasteiger partial charge in [0.1, 0.15) is 42.7 Å². The molecule has 0 saturated carbocycles. The Kier molecular flexibility index (Phi) is 15.5. The zero-order valence-electron chi connectivity index (χ0n) is 32.8. The van der Waals surface area contributed by atoms with Crippen LogP contribution in [0.3, 0.4) is 0 Å². The molecule has 0 aromatic rings. The van der Waals surface area contributed by atoms with E-state index in [1.807, 2.05) is 13.8 Å². The first-order chi connectivity index (χ1) is 25.7. The lowest BCUT2D eigenvalue weighted by Gasteiger charge is -2.47. The summed E-state index contributed by atoms with van der Waals surface area (Å²) < 4.78 is 83.4. The number of esters is 2. The largest absolute Gasteiger partial charge is 0.460 e. The van der Waals surface area contributed by atoms with E-state index in [1.54, 1.807) is 35.0 Å². The molecule has 0 amide bonds. The second-order valence-corrected chi connectivity index (χ2v) is 14.7. The molecule has 0 aromatic heterocycles. The van der Waals surface area contributed by atoms with E-state index in [9.17, 15) is 19.8 Å². The zero-order chi connectivity index (χ0) is 39.4. The maximum absolute atomic E-state index is 12.0. The van der Waals surface area contributed by atoms with Crippen molar-refractivity contribution in [3.8, 4) is 0 Å². The molecule has 5 saturated heterocycles. The lowest BCUT2D eigenvalue weighted by atomic mass is 9.97. The molecule has 5 fully saturated rings. The van der Waals surface area contributed by atoms with Gasteiger partial charge >= 0.3 is 11.9 Å². The second-order valence-electron chi connectivity index (χ2n) is 14.7. The maximum atomic E-state index is 12.0. The Morgan fingerprint density at radius 1 is 0.574 bits per heavy atom. The fraction of sp³-hybridized carbons (Fsp3) is 0.944. The maximum Gasteiger partial charge on any atom is 0.308 e. The Hall–Kier alpha value is -1.62. The van der Waals surface area contributed by atoms with Gasteiger partial charge in [0.25, 0.3) is 0 Å². The first kappa shape index (κ1) is 43.5. The normalized spacial score (nSPS) is 47.5. The van der Waals surface area contributed by atoms with Crippen molar-refractivity contribution in [2.24, 2.45) is 0 Å². The van der Waals surface area contributed by atoms with Crippen molar-refractivity contribution in [3.63, 3.8) is 0 Å². The van der Waals surface area contributed by atoms with E-state index in [0.29, 0.717) is 6.42 Å². The third kappa shape index (κ3) is 10.1. The predicted octanol–water partition coefficient (Wildman–Crippen LogP) is 0.726. The van der Waals surface area contributed by atoms with Gasteiger partial charge in [0.2, 0.25) is 0 Å². The molecule has 18 nitrogen and oxygen atoms in total. The molecule has 5 rings (SSSR count). The van der Waals surface area contributed by atoms with Crippen LogP contribution in [0.15, 0.2) is 0 Å². The van der Waals surface area contributed by atoms with Crippen molar-refractivity contribution in [2.75, 3.05) is 28.4 Å². The van der Waals surface area contributed by atoms with Crippen molar-refractivity contribution >= 4 is 11.9 Å². The van der Waals surface area contributed by atoms with Crippen LogP contribution in [0.2, 0.25) is 0 Å². The summed E-state index contributed by atoms with van der Waals surface area (Å²) in [5.74, 6) is -0.934. The van der Waals surface area contributed by atoms with Gasteiger partial charge in [-0.15, -0.1) is 0 Å². The summed E-state index contributed by atoms with van der Waals surface area (Å²) in [6.45, 7) is 10.1. The van der Waals surface area contributed by atoms with Gasteiger partial charge in [0, 0.05) is 54.6 Å². The van der Waals surface area contributed by atoms with E-state index < -0.39 is 129 Å². The third-order valence-corrected chi connectivity index (χ3v) is 10.9. The van der Waals surface area contributed by atoms with Gasteiger partial charge in [-0.3, -0.25) is 9.59 Å². The molecule has 18 heteroatoms. The summed E-state index contributed by atoms with van der Waals surface area (Å²) in [5, 5.41) is 21.8. The highest BCUT2D eigenvalue weighted by atomic mass is 16.8. The molecular formula is C36H60O18. The van der Waals surface area contributed by atoms with Crippen molar-refractivity contribution < 1.29 is 86.1 Å². The topological polar surface area (TPSA) is 204 Å². The minimum absolute atomic E-state index is 0.0647. The molecule has 312 valence electrons. The lowest BCUT2D eigenvalue weighted by Crippen LogP contribution is -2.62. The summed E-state index contributed by atoms with van der Waals surface area (Å²) in [6, 6.07) is 0. The van der Waals surface area contributed by atoms with Crippen molar-refractivity contribution in [2.45, 2.75) is 190 Å². The molecule has 2 N–H and O–H groups in total. The number of ether oxygens (including phenoxy) is 14. The van der Waals surface area contributed by atoms with Gasteiger partial charge in [0.05, 0.1) is 55.3 Å². The number of methoxy groups -OCH3 is 4. The van der Waals surface area contributed by atoms with Crippen LogP contribution in [0.5, 0.6) is 0 Å². The van der Waals surface area contributed by atoms with Gasteiger partial charge in [-0.2, -0.15) is 0 Å². The molecule has 0 bridgehead atoms. The number of hydrogen-bond acceptors (Lipinski definition) is 18. The summed E-state index contributed by atoms with van der Waals surface area (Å²) in [7, 11) is 6.07. The molecule has 0 aromatic carbocycles. The predicted molar refractivity (Wildman–Crippen MR) is 182 cm³/mol. The van der Waals surface area contributed by atoms with Crippen LogP contribution in [0, 0.1) is 0 Å². The Morgan fingerprint density at radius 3 is 1.56 bits per heavy atom. The summed E-state index contributed by atoms with van der Waals surface area (Å²) >= 11 is 0. The minimum atomic E-state index is -1.07. The molecular weight excluding hydrogens is 720 g/mol. The molecule has 5 heterocycles. The molecule has 5 aliphatic rings. The van der Waals surface area contributed by atoms with E-state index >= 15 is 0 Å². The number of aliphatic hydroxyl groups is 2. The van der Waals surface area contributed by atoms with Crippen molar-refractivity contribution in [1.82, 2.24) is 0 Å². The second kappa shape index (κ2) is 19.2. The average Bonchev–Trinajstić information content (AvgIpc) is 3.11. The third-order valence-electron chi connectivity index (χ3n) is 10.9. The Labute approximate surface area is 316 Å². The molecule has 0 spiro atoms. The molecule has 20 atom stereocenters. The van der Waals surface area contributed by atoms with Crippen LogP contribution < -0.4 is 0 Å². The minimum Gasteiger partial charge on any atom is -0.460 e. The van der Waals surface area contributed by atoms with E-state index in [2.05, 4.69) is 0 Å². The van der Waals surface area contributed by atoms with Gasteiger partial charge < -0.3 is 76.5 Å². The molecule has 0 aliphatic carbocycles. The van der Waals surface area contributed by atoms with Crippen molar-refractivity contribution in [3.05, 3.63) is 0 Å². The van der Waals surface area contributed by atoms with Gasteiger partial charge in [-0.1, -0.05) is 0 Å². The van der Waals surface area contributed by atoms with Gasteiger partial charge in [-0.05, 0) is 34.6 Å². The van der Waals surface area contributed by atoms with Crippen LogP contribution in [0.4, 0.5) is 0 Å². The molecule has 5 aliphatic heterocycles. The van der Waals surface area contributed by atoms with Crippen LogP contribution in [-0.4, -0.2) is 173 Å². The van der Waals surface area contributed by atoms with Crippen LogP contribution >= 0.6 is 0 Å². The van der Waals surface area contributed by atoms with E-state index in [4.69, 9.17) is 66.3 Å². The molecule has 0 unspecified atom stereocenters. The monoisotopic (exact) mass is 780 g/mol. The molecule has 0 radical (unpaired) electrons. The van der Waals surface area contributed by atoms with Crippen LogP contribution in [-0.2, 0) is 75.9 Å². The van der Waals surface area contributed by atoms with E-state index in [1.165, 1.54) is 21.1 Å².